The van der Waals surface area contributed by atoms with Crippen molar-refractivity contribution in [2.75, 3.05) is 10.6 Å². The third-order valence-electron chi connectivity index (χ3n) is 6.44. The number of para-hydroxylation sites is 1. The van der Waals surface area contributed by atoms with Crippen LogP contribution >= 0.6 is 0 Å². The fourth-order valence-electron chi connectivity index (χ4n) is 4.48. The Morgan fingerprint density at radius 3 is 2.23 bits per heavy atom. The molecule has 0 saturated carbocycles. The molecule has 0 radical (unpaired) electrons. The molecule has 0 aromatic heterocycles. The van der Waals surface area contributed by atoms with E-state index in [0.29, 0.717) is 28.1 Å². The summed E-state index contributed by atoms with van der Waals surface area (Å²) in [5, 5.41) is 5.72. The summed E-state index contributed by atoms with van der Waals surface area (Å²) in [5.41, 5.74) is 3.90. The smallest absolute Gasteiger partial charge is 0.411 e. The number of nitrogens with one attached hydrogen (secondary N) is 2. The number of carbonyl (C=O) groups excluding carboxylic acids is 3. The van der Waals surface area contributed by atoms with E-state index >= 15 is 0 Å². The molecule has 1 heterocycles. The number of hydrogen-bond donors (Lipinski definition) is 2. The van der Waals surface area contributed by atoms with Gasteiger partial charge in [0.05, 0.1) is 6.54 Å². The average molecular weight is 524 g/mol. The van der Waals surface area contributed by atoms with E-state index in [9.17, 15) is 18.8 Å². The lowest BCUT2D eigenvalue weighted by Crippen LogP contribution is -2.43. The Morgan fingerprint density at radius 1 is 0.846 bits per heavy atom. The van der Waals surface area contributed by atoms with Crippen molar-refractivity contribution in [1.82, 2.24) is 4.90 Å². The topological polar surface area (TPSA) is 87.7 Å². The first-order chi connectivity index (χ1) is 18.9. The molecule has 196 valence electrons. The zero-order valence-corrected chi connectivity index (χ0v) is 21.1. The normalized spacial score (nSPS) is 16.5. The summed E-state index contributed by atoms with van der Waals surface area (Å²) in [6.07, 6.45) is -1.56. The van der Waals surface area contributed by atoms with Gasteiger partial charge >= 0.3 is 6.09 Å². The number of benzene rings is 4. The van der Waals surface area contributed by atoms with Gasteiger partial charge in [-0.15, -0.1) is 0 Å². The summed E-state index contributed by atoms with van der Waals surface area (Å²) >= 11 is 0. The van der Waals surface area contributed by atoms with Crippen LogP contribution in [0.15, 0.2) is 103 Å². The highest BCUT2D eigenvalue weighted by atomic mass is 19.1. The first-order valence-corrected chi connectivity index (χ1v) is 12.4. The number of hydrogen-bond acceptors (Lipinski definition) is 4. The van der Waals surface area contributed by atoms with Crippen LogP contribution in [-0.4, -0.2) is 28.8 Å². The van der Waals surface area contributed by atoms with Crippen LogP contribution in [0.1, 0.15) is 33.2 Å². The SMILES string of the molecule is Cc1cccc(C(=O)Nc2ccc(C3OC(=O)N(Cc4ccc(F)cc4)C3C(=O)Nc3ccccc3)cc2)c1. The molecular formula is C31H26FN3O4. The van der Waals surface area contributed by atoms with Crippen molar-refractivity contribution in [3.8, 4) is 0 Å². The highest BCUT2D eigenvalue weighted by Gasteiger charge is 2.47. The Labute approximate surface area is 225 Å². The Bertz CT molecular complexity index is 1490. The Kier molecular flexibility index (Phi) is 7.36. The summed E-state index contributed by atoms with van der Waals surface area (Å²) in [4.78, 5) is 40.5. The maximum absolute atomic E-state index is 13.5. The van der Waals surface area contributed by atoms with Gasteiger partial charge in [-0.1, -0.05) is 60.2 Å². The lowest BCUT2D eigenvalue weighted by atomic mass is 10.00. The van der Waals surface area contributed by atoms with Gasteiger partial charge in [-0.05, 0) is 66.6 Å². The van der Waals surface area contributed by atoms with Crippen LogP contribution in [0.3, 0.4) is 0 Å². The molecule has 0 bridgehead atoms. The van der Waals surface area contributed by atoms with Crippen molar-refractivity contribution < 1.29 is 23.5 Å². The van der Waals surface area contributed by atoms with E-state index < -0.39 is 30.0 Å². The number of amides is 3. The largest absolute Gasteiger partial charge is 0.438 e. The van der Waals surface area contributed by atoms with Gasteiger partial charge < -0.3 is 15.4 Å². The number of nitrogens with zero attached hydrogens (tertiary/aromatic N) is 1. The molecule has 1 aliphatic heterocycles. The minimum atomic E-state index is -0.990. The lowest BCUT2D eigenvalue weighted by Gasteiger charge is -2.24. The van der Waals surface area contributed by atoms with Crippen LogP contribution in [0.5, 0.6) is 0 Å². The number of aryl methyl sites for hydroxylation is 1. The van der Waals surface area contributed by atoms with Crippen LogP contribution in [0.25, 0.3) is 0 Å². The summed E-state index contributed by atoms with van der Waals surface area (Å²) in [5.74, 6) is -1.06. The Hall–Kier alpha value is -4.98. The van der Waals surface area contributed by atoms with Gasteiger partial charge in [0.25, 0.3) is 11.8 Å². The molecule has 4 aromatic carbocycles. The molecule has 0 aliphatic carbocycles. The predicted molar refractivity (Wildman–Crippen MR) is 146 cm³/mol. The molecule has 0 spiro atoms. The van der Waals surface area contributed by atoms with Crippen molar-refractivity contribution in [1.29, 1.82) is 0 Å². The zero-order chi connectivity index (χ0) is 27.4. The average Bonchev–Trinajstić information content (AvgIpc) is 3.26. The van der Waals surface area contributed by atoms with Crippen molar-refractivity contribution in [2.45, 2.75) is 25.6 Å². The highest BCUT2D eigenvalue weighted by molar-refractivity contribution is 6.04. The zero-order valence-electron chi connectivity index (χ0n) is 21.1. The summed E-state index contributed by atoms with van der Waals surface area (Å²) < 4.78 is 19.1. The third kappa shape index (κ3) is 5.96. The second-order valence-corrected chi connectivity index (χ2v) is 9.30. The second kappa shape index (κ2) is 11.2. The number of ether oxygens (including phenoxy) is 1. The van der Waals surface area contributed by atoms with Gasteiger partial charge in [0.1, 0.15) is 5.82 Å². The molecular weight excluding hydrogens is 497 g/mol. The summed E-state index contributed by atoms with van der Waals surface area (Å²) in [6.45, 7) is 1.98. The van der Waals surface area contributed by atoms with Gasteiger partial charge in [-0.2, -0.15) is 0 Å². The Balaban J connectivity index is 1.39. The van der Waals surface area contributed by atoms with E-state index in [1.807, 2.05) is 25.1 Å². The quantitative estimate of drug-likeness (QED) is 0.307. The molecule has 39 heavy (non-hydrogen) atoms. The number of carbonyl (C=O) groups is 3. The van der Waals surface area contributed by atoms with E-state index in [0.717, 1.165) is 5.56 Å². The maximum Gasteiger partial charge on any atom is 0.411 e. The molecule has 1 aliphatic rings. The molecule has 2 N–H and O–H groups in total. The minimum absolute atomic E-state index is 0.0626. The molecule has 2 atom stereocenters. The van der Waals surface area contributed by atoms with Gasteiger partial charge in [0, 0.05) is 16.9 Å². The fourth-order valence-corrected chi connectivity index (χ4v) is 4.48. The van der Waals surface area contributed by atoms with Crippen LogP contribution in [0.4, 0.5) is 20.6 Å². The second-order valence-electron chi connectivity index (χ2n) is 9.30. The molecule has 7 nitrogen and oxygen atoms in total. The predicted octanol–water partition coefficient (Wildman–Crippen LogP) is 6.09. The standard InChI is InChI=1S/C31H26FN3O4/c1-20-6-5-7-23(18-20)29(36)33-26-16-12-22(13-17-26)28-27(30(37)34-25-8-3-2-4-9-25)35(31(38)39-28)19-21-10-14-24(32)15-11-21/h2-18,27-28H,19H2,1H3,(H,33,36)(H,34,37). The Morgan fingerprint density at radius 2 is 1.54 bits per heavy atom. The number of cyclic esters (lactones) is 1. The molecule has 2 unspecified atom stereocenters. The fraction of sp³-hybridized carbons (Fsp3) is 0.129. The highest BCUT2D eigenvalue weighted by Crippen LogP contribution is 2.35. The summed E-state index contributed by atoms with van der Waals surface area (Å²) in [7, 11) is 0. The van der Waals surface area contributed by atoms with Crippen LogP contribution in [-0.2, 0) is 16.1 Å². The van der Waals surface area contributed by atoms with E-state index in [1.165, 1.54) is 17.0 Å². The molecule has 4 aromatic rings. The number of halogens is 1. The first-order valence-electron chi connectivity index (χ1n) is 12.4. The molecule has 3 amide bonds. The number of anilines is 2. The van der Waals surface area contributed by atoms with E-state index in [2.05, 4.69) is 10.6 Å². The van der Waals surface area contributed by atoms with Crippen molar-refractivity contribution >= 4 is 29.3 Å². The first kappa shape index (κ1) is 25.7. The van der Waals surface area contributed by atoms with Crippen molar-refractivity contribution in [3.05, 3.63) is 131 Å². The maximum atomic E-state index is 13.5. The van der Waals surface area contributed by atoms with Crippen molar-refractivity contribution in [3.63, 3.8) is 0 Å². The van der Waals surface area contributed by atoms with E-state index in [4.69, 9.17) is 4.74 Å². The van der Waals surface area contributed by atoms with Gasteiger partial charge in [-0.25, -0.2) is 9.18 Å². The van der Waals surface area contributed by atoms with Gasteiger partial charge in [0.15, 0.2) is 12.1 Å². The monoisotopic (exact) mass is 523 g/mol. The van der Waals surface area contributed by atoms with Gasteiger partial charge in [-0.3, -0.25) is 14.5 Å². The number of rotatable bonds is 7. The van der Waals surface area contributed by atoms with Gasteiger partial charge in [0.2, 0.25) is 0 Å². The van der Waals surface area contributed by atoms with E-state index in [-0.39, 0.29) is 12.5 Å². The lowest BCUT2D eigenvalue weighted by molar-refractivity contribution is -0.121. The molecule has 1 saturated heterocycles. The third-order valence-corrected chi connectivity index (χ3v) is 6.44. The minimum Gasteiger partial charge on any atom is -0.438 e. The van der Waals surface area contributed by atoms with Crippen LogP contribution in [0, 0.1) is 12.7 Å². The van der Waals surface area contributed by atoms with E-state index in [1.54, 1.807) is 72.8 Å². The molecule has 5 rings (SSSR count). The van der Waals surface area contributed by atoms with Crippen LogP contribution < -0.4 is 10.6 Å². The molecule has 8 heteroatoms. The van der Waals surface area contributed by atoms with Crippen LogP contribution in [0.2, 0.25) is 0 Å². The van der Waals surface area contributed by atoms with Crippen molar-refractivity contribution in [2.24, 2.45) is 0 Å². The summed E-state index contributed by atoms with van der Waals surface area (Å²) in [6, 6.07) is 27.8. The molecule has 1 fully saturated rings.